The van der Waals surface area contributed by atoms with Gasteiger partial charge in [-0.15, -0.1) is 0 Å². The molecule has 1 unspecified atom stereocenters. The molecule has 16 heavy (non-hydrogen) atoms. The van der Waals surface area contributed by atoms with Crippen LogP contribution in [-0.2, 0) is 0 Å². The number of rotatable bonds is 0. The number of aliphatic hydroxyl groups excluding tert-OH is 1. The Morgan fingerprint density at radius 2 is 1.88 bits per heavy atom. The SMILES string of the molecule is O=C1C=C2C(=CC=CC2O)c2ccccc21. The molecule has 0 heterocycles. The number of ketones is 1. The highest BCUT2D eigenvalue weighted by atomic mass is 16.3. The van der Waals surface area contributed by atoms with Gasteiger partial charge in [-0.05, 0) is 22.8 Å². The number of fused-ring (bicyclic) bond motifs is 3. The minimum absolute atomic E-state index is 0.0305. The smallest absolute Gasteiger partial charge is 0.186 e. The fourth-order valence-electron chi connectivity index (χ4n) is 2.18. The Labute approximate surface area is 93.2 Å². The Hall–Kier alpha value is -1.93. The Morgan fingerprint density at radius 1 is 1.12 bits per heavy atom. The number of hydrogen-bond donors (Lipinski definition) is 1. The number of allylic oxidation sites excluding steroid dienone is 3. The van der Waals surface area contributed by atoms with Crippen LogP contribution < -0.4 is 0 Å². The maximum atomic E-state index is 11.8. The molecule has 0 spiro atoms. The third-order valence-electron chi connectivity index (χ3n) is 2.96. The molecular weight excluding hydrogens is 200 g/mol. The normalized spacial score (nSPS) is 22.1. The van der Waals surface area contributed by atoms with Crippen molar-refractivity contribution in [3.8, 4) is 0 Å². The van der Waals surface area contributed by atoms with Crippen molar-refractivity contribution in [2.45, 2.75) is 6.10 Å². The second-order valence-corrected chi connectivity index (χ2v) is 3.92. The first-order valence-electron chi connectivity index (χ1n) is 5.19. The zero-order valence-corrected chi connectivity index (χ0v) is 8.55. The van der Waals surface area contributed by atoms with Gasteiger partial charge in [0.1, 0.15) is 0 Å². The number of carbonyl (C=O) groups excluding carboxylic acids is 1. The molecule has 1 N–H and O–H groups in total. The first kappa shape index (κ1) is 9.31. The first-order chi connectivity index (χ1) is 7.77. The van der Waals surface area contributed by atoms with Gasteiger partial charge < -0.3 is 5.11 Å². The maximum Gasteiger partial charge on any atom is 0.186 e. The second kappa shape index (κ2) is 3.29. The van der Waals surface area contributed by atoms with Crippen molar-refractivity contribution >= 4 is 11.4 Å². The van der Waals surface area contributed by atoms with Crippen LogP contribution in [0, 0.1) is 0 Å². The highest BCUT2D eigenvalue weighted by Crippen LogP contribution is 2.35. The van der Waals surface area contributed by atoms with E-state index in [9.17, 15) is 9.90 Å². The van der Waals surface area contributed by atoms with Crippen LogP contribution in [0.3, 0.4) is 0 Å². The summed E-state index contributed by atoms with van der Waals surface area (Å²) in [5.74, 6) is -0.0305. The van der Waals surface area contributed by atoms with E-state index in [1.54, 1.807) is 6.08 Å². The Bertz CT molecular complexity index is 562. The summed E-state index contributed by atoms with van der Waals surface area (Å²) in [6, 6.07) is 7.49. The zero-order chi connectivity index (χ0) is 11.1. The minimum Gasteiger partial charge on any atom is -0.384 e. The number of aliphatic hydroxyl groups is 1. The molecule has 2 heteroatoms. The van der Waals surface area contributed by atoms with Crippen LogP contribution in [0.5, 0.6) is 0 Å². The summed E-state index contributed by atoms with van der Waals surface area (Å²) < 4.78 is 0. The van der Waals surface area contributed by atoms with Crippen molar-refractivity contribution in [3.63, 3.8) is 0 Å². The molecule has 78 valence electrons. The van der Waals surface area contributed by atoms with Gasteiger partial charge in [0.25, 0.3) is 0 Å². The first-order valence-corrected chi connectivity index (χ1v) is 5.19. The van der Waals surface area contributed by atoms with E-state index in [0.717, 1.165) is 11.1 Å². The Balaban J connectivity index is 2.28. The quantitative estimate of drug-likeness (QED) is 0.712. The molecule has 2 nitrogen and oxygen atoms in total. The topological polar surface area (TPSA) is 37.3 Å². The van der Waals surface area contributed by atoms with Crippen LogP contribution in [0.1, 0.15) is 15.9 Å². The fourth-order valence-corrected chi connectivity index (χ4v) is 2.18. The molecule has 1 atom stereocenters. The average molecular weight is 210 g/mol. The molecular formula is C14H10O2. The summed E-state index contributed by atoms with van der Waals surface area (Å²) in [5, 5.41) is 9.80. The number of hydrogen-bond acceptors (Lipinski definition) is 2. The van der Waals surface area contributed by atoms with Gasteiger partial charge in [0, 0.05) is 5.56 Å². The predicted octanol–water partition coefficient (Wildman–Crippen LogP) is 2.12. The van der Waals surface area contributed by atoms with Crippen molar-refractivity contribution in [3.05, 3.63) is 65.3 Å². The van der Waals surface area contributed by atoms with Crippen molar-refractivity contribution in [2.75, 3.05) is 0 Å². The van der Waals surface area contributed by atoms with Crippen LogP contribution in [0.25, 0.3) is 5.57 Å². The highest BCUT2D eigenvalue weighted by Gasteiger charge is 2.26. The molecule has 0 fully saturated rings. The van der Waals surface area contributed by atoms with Gasteiger partial charge in [0.05, 0.1) is 6.10 Å². The van der Waals surface area contributed by atoms with Crippen molar-refractivity contribution < 1.29 is 9.90 Å². The van der Waals surface area contributed by atoms with E-state index in [0.29, 0.717) is 11.1 Å². The second-order valence-electron chi connectivity index (χ2n) is 3.92. The third kappa shape index (κ3) is 1.20. The van der Waals surface area contributed by atoms with Gasteiger partial charge >= 0.3 is 0 Å². The average Bonchev–Trinajstić information content (AvgIpc) is 2.31. The molecule has 0 saturated carbocycles. The van der Waals surface area contributed by atoms with E-state index in [4.69, 9.17) is 0 Å². The van der Waals surface area contributed by atoms with E-state index in [-0.39, 0.29) is 5.78 Å². The predicted molar refractivity (Wildman–Crippen MR) is 62.0 cm³/mol. The summed E-state index contributed by atoms with van der Waals surface area (Å²) in [6.45, 7) is 0. The van der Waals surface area contributed by atoms with Crippen molar-refractivity contribution in [1.82, 2.24) is 0 Å². The van der Waals surface area contributed by atoms with E-state index < -0.39 is 6.10 Å². The van der Waals surface area contributed by atoms with Crippen molar-refractivity contribution in [1.29, 1.82) is 0 Å². The van der Waals surface area contributed by atoms with E-state index in [2.05, 4.69) is 0 Å². The van der Waals surface area contributed by atoms with E-state index >= 15 is 0 Å². The molecule has 0 bridgehead atoms. The lowest BCUT2D eigenvalue weighted by Gasteiger charge is -2.24. The van der Waals surface area contributed by atoms with Gasteiger partial charge in [-0.1, -0.05) is 42.5 Å². The molecule has 0 amide bonds. The standard InChI is InChI=1S/C14H10O2/c15-13-7-3-6-10-9-4-1-2-5-11(9)14(16)8-12(10)13/h1-8,13,15H. The maximum absolute atomic E-state index is 11.8. The van der Waals surface area contributed by atoms with Crippen LogP contribution in [0.15, 0.2) is 54.1 Å². The lowest BCUT2D eigenvalue weighted by molar-refractivity contribution is 0.104. The van der Waals surface area contributed by atoms with Crippen LogP contribution in [-0.4, -0.2) is 17.0 Å². The van der Waals surface area contributed by atoms with Crippen LogP contribution >= 0.6 is 0 Å². The van der Waals surface area contributed by atoms with Gasteiger partial charge in [-0.2, -0.15) is 0 Å². The van der Waals surface area contributed by atoms with Crippen LogP contribution in [0.2, 0.25) is 0 Å². The van der Waals surface area contributed by atoms with Gasteiger partial charge in [-0.3, -0.25) is 4.79 Å². The molecule has 2 aliphatic carbocycles. The molecule has 0 aliphatic heterocycles. The highest BCUT2D eigenvalue weighted by molar-refractivity contribution is 6.14. The van der Waals surface area contributed by atoms with Gasteiger partial charge in [-0.25, -0.2) is 0 Å². The lowest BCUT2D eigenvalue weighted by atomic mass is 9.82. The monoisotopic (exact) mass is 210 g/mol. The zero-order valence-electron chi connectivity index (χ0n) is 8.55. The molecule has 1 aromatic carbocycles. The molecule has 3 rings (SSSR count). The number of carbonyl (C=O) groups is 1. The summed E-state index contributed by atoms with van der Waals surface area (Å²) in [4.78, 5) is 11.8. The Morgan fingerprint density at radius 3 is 2.69 bits per heavy atom. The van der Waals surface area contributed by atoms with Crippen LogP contribution in [0.4, 0.5) is 0 Å². The minimum atomic E-state index is -0.669. The van der Waals surface area contributed by atoms with Crippen molar-refractivity contribution in [2.24, 2.45) is 0 Å². The van der Waals surface area contributed by atoms with Gasteiger partial charge in [0.15, 0.2) is 5.78 Å². The number of benzene rings is 1. The lowest BCUT2D eigenvalue weighted by Crippen LogP contribution is -2.18. The summed E-state index contributed by atoms with van der Waals surface area (Å²) in [5.41, 5.74) is 3.27. The molecule has 0 aromatic heterocycles. The molecule has 0 saturated heterocycles. The fraction of sp³-hybridized carbons (Fsp3) is 0.0714. The van der Waals surface area contributed by atoms with E-state index in [1.165, 1.54) is 6.08 Å². The summed E-state index contributed by atoms with van der Waals surface area (Å²) in [6.07, 6.45) is 6.30. The summed E-state index contributed by atoms with van der Waals surface area (Å²) in [7, 11) is 0. The third-order valence-corrected chi connectivity index (χ3v) is 2.96. The summed E-state index contributed by atoms with van der Waals surface area (Å²) >= 11 is 0. The van der Waals surface area contributed by atoms with E-state index in [1.807, 2.05) is 36.4 Å². The van der Waals surface area contributed by atoms with Gasteiger partial charge in [0.2, 0.25) is 0 Å². The molecule has 2 aliphatic rings. The molecule has 0 radical (unpaired) electrons. The Kier molecular flexibility index (Phi) is 1.91. The molecule has 1 aromatic rings. The largest absolute Gasteiger partial charge is 0.384 e.